The summed E-state index contributed by atoms with van der Waals surface area (Å²) in [5.74, 6) is 1.18. The largest absolute Gasteiger partial charge is 0.456 e. The topological polar surface area (TPSA) is 37.0 Å². The molecule has 1 N–H and O–H groups in total. The van der Waals surface area contributed by atoms with Gasteiger partial charge in [-0.05, 0) is 56.7 Å². The highest BCUT2D eigenvalue weighted by Crippen LogP contribution is 2.33. The maximum Gasteiger partial charge on any atom is 0.138 e. The van der Waals surface area contributed by atoms with Gasteiger partial charge in [0, 0.05) is 16.7 Å². The van der Waals surface area contributed by atoms with Gasteiger partial charge in [0.15, 0.2) is 0 Å². The van der Waals surface area contributed by atoms with Gasteiger partial charge >= 0.3 is 0 Å². The molecule has 0 saturated carbocycles. The molecule has 0 bridgehead atoms. The fourth-order valence-corrected chi connectivity index (χ4v) is 2.73. The van der Waals surface area contributed by atoms with E-state index in [1.807, 2.05) is 45.9 Å². The van der Waals surface area contributed by atoms with Crippen LogP contribution >= 0.6 is 0 Å². The quantitative estimate of drug-likeness (QED) is 0.567. The Balaban J connectivity index is 0.00000139. The molecular weight excluding hydrogens is 294 g/mol. The lowest BCUT2D eigenvalue weighted by molar-refractivity contribution is 0.592. The summed E-state index contributed by atoms with van der Waals surface area (Å²) in [5.41, 5.74) is 5.28. The first-order valence-electron chi connectivity index (χ1n) is 8.84. The lowest BCUT2D eigenvalue weighted by atomic mass is 9.94. The third-order valence-corrected chi connectivity index (χ3v) is 4.35. The van der Waals surface area contributed by atoms with Crippen molar-refractivity contribution in [2.45, 2.75) is 54.4 Å². The van der Waals surface area contributed by atoms with Crippen LogP contribution in [-0.2, 0) is 6.42 Å². The van der Waals surface area contributed by atoms with E-state index >= 15 is 0 Å². The number of fused-ring (bicyclic) bond motifs is 1. The number of benzene rings is 1. The molecule has 1 aromatic heterocycles. The predicted octanol–water partition coefficient (Wildman–Crippen LogP) is 7.05. The van der Waals surface area contributed by atoms with Crippen LogP contribution in [0.1, 0.15) is 63.5 Å². The summed E-state index contributed by atoms with van der Waals surface area (Å²) in [5, 5.41) is 8.89. The fourth-order valence-electron chi connectivity index (χ4n) is 2.73. The van der Waals surface area contributed by atoms with Crippen LogP contribution in [0.3, 0.4) is 0 Å². The van der Waals surface area contributed by atoms with Gasteiger partial charge in [0.2, 0.25) is 0 Å². The highest BCUT2D eigenvalue weighted by Gasteiger charge is 2.16. The summed E-state index contributed by atoms with van der Waals surface area (Å²) in [7, 11) is 0. The average Bonchev–Trinajstić information content (AvgIpc) is 2.93. The maximum atomic E-state index is 7.76. The SMILES string of the molecule is C=Cc1c(/C=C\C)oc2c(CCC(C)C(C)=N)c(C)ccc12.CC. The Morgan fingerprint density at radius 3 is 2.54 bits per heavy atom. The lowest BCUT2D eigenvalue weighted by Gasteiger charge is -2.11. The van der Waals surface area contributed by atoms with Crippen molar-refractivity contribution in [2.24, 2.45) is 5.92 Å². The first-order chi connectivity index (χ1) is 11.5. The molecule has 24 heavy (non-hydrogen) atoms. The molecule has 0 radical (unpaired) electrons. The summed E-state index contributed by atoms with van der Waals surface area (Å²) < 4.78 is 6.12. The van der Waals surface area contributed by atoms with E-state index in [1.54, 1.807) is 0 Å². The summed E-state index contributed by atoms with van der Waals surface area (Å²) >= 11 is 0. The van der Waals surface area contributed by atoms with Gasteiger partial charge in [0.25, 0.3) is 0 Å². The maximum absolute atomic E-state index is 7.76. The number of furan rings is 1. The molecule has 0 spiro atoms. The van der Waals surface area contributed by atoms with Gasteiger partial charge in [0.05, 0.1) is 0 Å². The summed E-state index contributed by atoms with van der Waals surface area (Å²) in [6.45, 7) is 16.0. The van der Waals surface area contributed by atoms with Crippen molar-refractivity contribution >= 4 is 28.8 Å². The Labute approximate surface area is 146 Å². The van der Waals surface area contributed by atoms with E-state index in [4.69, 9.17) is 9.83 Å². The van der Waals surface area contributed by atoms with Crippen LogP contribution in [0.25, 0.3) is 23.1 Å². The van der Waals surface area contributed by atoms with Crippen LogP contribution in [0.15, 0.2) is 29.2 Å². The Morgan fingerprint density at radius 2 is 2.00 bits per heavy atom. The Bertz CT molecular complexity index is 734. The van der Waals surface area contributed by atoms with Crippen LogP contribution in [0.5, 0.6) is 0 Å². The van der Waals surface area contributed by atoms with Gasteiger partial charge in [0.1, 0.15) is 11.3 Å². The first kappa shape index (κ1) is 20.0. The fraction of sp³-hybridized carbons (Fsp3) is 0.409. The molecule has 0 aliphatic heterocycles. The van der Waals surface area contributed by atoms with Crippen LogP contribution in [0.2, 0.25) is 0 Å². The molecule has 1 atom stereocenters. The van der Waals surface area contributed by atoms with Crippen molar-refractivity contribution < 1.29 is 4.42 Å². The number of allylic oxidation sites excluding steroid dienone is 1. The summed E-state index contributed by atoms with van der Waals surface area (Å²) in [6, 6.07) is 4.27. The second kappa shape index (κ2) is 9.27. The zero-order valence-electron chi connectivity index (χ0n) is 16.0. The molecular formula is C22H31NO. The van der Waals surface area contributed by atoms with E-state index in [0.29, 0.717) is 5.92 Å². The lowest BCUT2D eigenvalue weighted by Crippen LogP contribution is -2.07. The third-order valence-electron chi connectivity index (χ3n) is 4.35. The van der Waals surface area contributed by atoms with Gasteiger partial charge in [-0.2, -0.15) is 0 Å². The predicted molar refractivity (Wildman–Crippen MR) is 108 cm³/mol. The van der Waals surface area contributed by atoms with Gasteiger partial charge < -0.3 is 9.83 Å². The summed E-state index contributed by atoms with van der Waals surface area (Å²) in [6.07, 6.45) is 7.74. The molecule has 0 saturated heterocycles. The second-order valence-corrected chi connectivity index (χ2v) is 5.94. The third kappa shape index (κ3) is 4.25. The van der Waals surface area contributed by atoms with E-state index < -0.39 is 0 Å². The Hall–Kier alpha value is -2.09. The molecule has 2 aromatic rings. The normalized spacial score (nSPS) is 12.1. The van der Waals surface area contributed by atoms with Crippen molar-refractivity contribution in [3.63, 3.8) is 0 Å². The zero-order valence-corrected chi connectivity index (χ0v) is 16.0. The van der Waals surface area contributed by atoms with Crippen LogP contribution in [0.4, 0.5) is 0 Å². The molecule has 1 aromatic carbocycles. The molecule has 0 aliphatic carbocycles. The molecule has 0 fully saturated rings. The van der Waals surface area contributed by atoms with Crippen LogP contribution in [-0.4, -0.2) is 5.71 Å². The van der Waals surface area contributed by atoms with E-state index in [2.05, 4.69) is 32.6 Å². The molecule has 2 heteroatoms. The van der Waals surface area contributed by atoms with Gasteiger partial charge in [-0.15, -0.1) is 0 Å². The van der Waals surface area contributed by atoms with Crippen molar-refractivity contribution in [1.82, 2.24) is 0 Å². The molecule has 130 valence electrons. The van der Waals surface area contributed by atoms with Crippen LogP contribution < -0.4 is 0 Å². The first-order valence-corrected chi connectivity index (χ1v) is 8.84. The molecule has 0 amide bonds. The van der Waals surface area contributed by atoms with Gasteiger partial charge in [-0.1, -0.05) is 51.6 Å². The monoisotopic (exact) mass is 325 g/mol. The molecule has 1 unspecified atom stereocenters. The minimum atomic E-state index is 0.304. The van der Waals surface area contributed by atoms with Crippen molar-refractivity contribution in [1.29, 1.82) is 5.41 Å². The van der Waals surface area contributed by atoms with Crippen molar-refractivity contribution in [3.8, 4) is 0 Å². The molecule has 0 aliphatic rings. The zero-order chi connectivity index (χ0) is 18.3. The van der Waals surface area contributed by atoms with Gasteiger partial charge in [-0.3, -0.25) is 0 Å². The average molecular weight is 325 g/mol. The van der Waals surface area contributed by atoms with E-state index in [9.17, 15) is 0 Å². The second-order valence-electron chi connectivity index (χ2n) is 5.94. The summed E-state index contributed by atoms with van der Waals surface area (Å²) in [4.78, 5) is 0. The Morgan fingerprint density at radius 1 is 1.33 bits per heavy atom. The standard InChI is InChI=1S/C20H25NO.C2H6/c1-6-8-19-16(7-2)18-12-10-14(4)17(20(18)22-19)11-9-13(3)15(5)21;1-2/h6-8,10,12-13,21H,2,9,11H2,1,3-5H3;1-2H3/b8-6-,21-15?;. The van der Waals surface area contributed by atoms with E-state index in [-0.39, 0.29) is 0 Å². The molecule has 2 nitrogen and oxygen atoms in total. The number of nitrogens with one attached hydrogen (secondary N) is 1. The Kier molecular flexibility index (Phi) is 7.70. The van der Waals surface area contributed by atoms with E-state index in [1.165, 1.54) is 11.1 Å². The number of hydrogen-bond acceptors (Lipinski definition) is 2. The minimum Gasteiger partial charge on any atom is -0.456 e. The number of aryl methyl sites for hydroxylation is 2. The highest BCUT2D eigenvalue weighted by molar-refractivity contribution is 5.93. The smallest absolute Gasteiger partial charge is 0.138 e. The van der Waals surface area contributed by atoms with Crippen molar-refractivity contribution in [2.75, 3.05) is 0 Å². The number of hydrogen-bond donors (Lipinski definition) is 1. The van der Waals surface area contributed by atoms with Crippen LogP contribution in [0, 0.1) is 18.3 Å². The molecule has 2 rings (SSSR count). The molecule has 1 heterocycles. The van der Waals surface area contributed by atoms with Crippen molar-refractivity contribution in [3.05, 3.63) is 47.2 Å². The minimum absolute atomic E-state index is 0.304. The van der Waals surface area contributed by atoms with E-state index in [0.717, 1.165) is 40.8 Å². The van der Waals surface area contributed by atoms with Gasteiger partial charge in [-0.25, -0.2) is 0 Å². The highest BCUT2D eigenvalue weighted by atomic mass is 16.3. The number of rotatable bonds is 6.